The lowest BCUT2D eigenvalue weighted by molar-refractivity contribution is 0.355. The van der Waals surface area contributed by atoms with Crippen LogP contribution in [0.25, 0.3) is 36.3 Å². The fraction of sp³-hybridized carbons (Fsp3) is 0.211. The van der Waals surface area contributed by atoms with E-state index in [1.165, 1.54) is 19.8 Å². The SMILES string of the molecule is CCc1cc2c(-c3nn4c(-c5ccc(OC)c(OC)c5)nnc4s3)csc2s1. The zero-order chi connectivity index (χ0) is 19.3. The number of aromatic nitrogens is 4. The Morgan fingerprint density at radius 1 is 1.04 bits per heavy atom. The minimum atomic E-state index is 0.650. The first-order valence-electron chi connectivity index (χ1n) is 8.66. The number of aryl methyl sites for hydroxylation is 1. The van der Waals surface area contributed by atoms with Crippen molar-refractivity contribution in [3.8, 4) is 33.5 Å². The summed E-state index contributed by atoms with van der Waals surface area (Å²) in [5.74, 6) is 2.01. The summed E-state index contributed by atoms with van der Waals surface area (Å²) in [6.07, 6.45) is 1.06. The summed E-state index contributed by atoms with van der Waals surface area (Å²) in [5, 5.41) is 17.9. The van der Waals surface area contributed by atoms with E-state index in [0.717, 1.165) is 22.0 Å². The Bertz CT molecular complexity index is 1300. The highest BCUT2D eigenvalue weighted by Gasteiger charge is 2.19. The van der Waals surface area contributed by atoms with E-state index in [1.54, 1.807) is 41.4 Å². The normalized spacial score (nSPS) is 11.5. The van der Waals surface area contributed by atoms with Crippen LogP contribution in [0.15, 0.2) is 29.6 Å². The van der Waals surface area contributed by atoms with E-state index in [1.807, 2.05) is 29.5 Å². The van der Waals surface area contributed by atoms with Gasteiger partial charge in [-0.25, -0.2) is 0 Å². The van der Waals surface area contributed by atoms with Gasteiger partial charge < -0.3 is 9.47 Å². The number of rotatable bonds is 5. The molecule has 1 aromatic carbocycles. The molecule has 5 rings (SSSR count). The minimum absolute atomic E-state index is 0.650. The third kappa shape index (κ3) is 2.69. The standard InChI is InChI=1S/C19H16N4O2S3/c1-4-11-8-12-13(9-26-18(12)27-11)17-22-23-16(20-21-19(23)28-17)10-5-6-14(24-2)15(7-10)25-3/h5-9H,4H2,1-3H3. The molecule has 28 heavy (non-hydrogen) atoms. The smallest absolute Gasteiger partial charge is 0.235 e. The van der Waals surface area contributed by atoms with Crippen LogP contribution < -0.4 is 9.47 Å². The van der Waals surface area contributed by atoms with Crippen LogP contribution in [0.4, 0.5) is 0 Å². The summed E-state index contributed by atoms with van der Waals surface area (Å²) in [4.78, 5) is 2.17. The van der Waals surface area contributed by atoms with Gasteiger partial charge in [0.25, 0.3) is 0 Å². The van der Waals surface area contributed by atoms with Crippen molar-refractivity contribution in [2.45, 2.75) is 13.3 Å². The van der Waals surface area contributed by atoms with Crippen molar-refractivity contribution in [3.63, 3.8) is 0 Å². The molecule has 0 aliphatic heterocycles. The summed E-state index contributed by atoms with van der Waals surface area (Å²) < 4.78 is 13.9. The molecular weight excluding hydrogens is 412 g/mol. The first-order valence-corrected chi connectivity index (χ1v) is 11.2. The van der Waals surface area contributed by atoms with E-state index in [4.69, 9.17) is 14.6 Å². The van der Waals surface area contributed by atoms with E-state index in [0.29, 0.717) is 17.3 Å². The number of nitrogens with zero attached hydrogens (tertiary/aromatic N) is 4. The van der Waals surface area contributed by atoms with Gasteiger partial charge in [0.1, 0.15) is 5.01 Å². The van der Waals surface area contributed by atoms with Crippen LogP contribution in [-0.4, -0.2) is 34.0 Å². The van der Waals surface area contributed by atoms with E-state index in [9.17, 15) is 0 Å². The third-order valence-corrected chi connectivity index (χ3v) is 7.87. The fourth-order valence-electron chi connectivity index (χ4n) is 3.10. The van der Waals surface area contributed by atoms with Crippen molar-refractivity contribution in [1.29, 1.82) is 0 Å². The molecule has 4 heterocycles. The van der Waals surface area contributed by atoms with Gasteiger partial charge in [0.2, 0.25) is 4.96 Å². The van der Waals surface area contributed by atoms with Crippen LogP contribution in [0, 0.1) is 0 Å². The largest absolute Gasteiger partial charge is 0.493 e. The van der Waals surface area contributed by atoms with Gasteiger partial charge in [-0.1, -0.05) is 18.3 Å². The molecule has 0 aliphatic carbocycles. The highest BCUT2D eigenvalue weighted by Crippen LogP contribution is 2.41. The van der Waals surface area contributed by atoms with Crippen molar-refractivity contribution < 1.29 is 9.47 Å². The Balaban J connectivity index is 1.62. The fourth-order valence-corrected chi connectivity index (χ4v) is 6.30. The highest BCUT2D eigenvalue weighted by atomic mass is 32.2. The van der Waals surface area contributed by atoms with Crippen LogP contribution in [0.1, 0.15) is 11.8 Å². The molecule has 0 bridgehead atoms. The predicted molar refractivity (Wildman–Crippen MR) is 115 cm³/mol. The molecule has 0 aliphatic rings. The second kappa shape index (κ2) is 6.84. The molecule has 0 saturated heterocycles. The Kier molecular flexibility index (Phi) is 4.30. The summed E-state index contributed by atoms with van der Waals surface area (Å²) in [6.45, 7) is 2.19. The molecule has 142 valence electrons. The quantitative estimate of drug-likeness (QED) is 0.376. The highest BCUT2D eigenvalue weighted by molar-refractivity contribution is 7.38. The molecule has 0 spiro atoms. The van der Waals surface area contributed by atoms with Crippen molar-refractivity contribution >= 4 is 48.4 Å². The van der Waals surface area contributed by atoms with Gasteiger partial charge in [-0.05, 0) is 30.7 Å². The van der Waals surface area contributed by atoms with Gasteiger partial charge in [0.15, 0.2) is 17.3 Å². The Morgan fingerprint density at radius 2 is 1.89 bits per heavy atom. The number of hydrogen-bond acceptors (Lipinski definition) is 8. The van der Waals surface area contributed by atoms with Crippen LogP contribution in [0.2, 0.25) is 0 Å². The van der Waals surface area contributed by atoms with Gasteiger partial charge in [0.05, 0.1) is 18.2 Å². The molecule has 0 N–H and O–H groups in total. The second-order valence-electron chi connectivity index (χ2n) is 6.11. The third-order valence-electron chi connectivity index (χ3n) is 4.53. The van der Waals surface area contributed by atoms with E-state index < -0.39 is 0 Å². The average Bonchev–Trinajstić information content (AvgIpc) is 3.46. The number of ether oxygens (including phenoxy) is 2. The summed E-state index contributed by atoms with van der Waals surface area (Å²) in [7, 11) is 3.24. The Labute approximate surface area is 173 Å². The number of fused-ring (bicyclic) bond motifs is 2. The van der Waals surface area contributed by atoms with Gasteiger partial charge in [-0.2, -0.15) is 9.61 Å². The molecule has 5 aromatic rings. The average molecular weight is 429 g/mol. The van der Waals surface area contributed by atoms with Crippen molar-refractivity contribution in [2.24, 2.45) is 0 Å². The van der Waals surface area contributed by atoms with Gasteiger partial charge in [0, 0.05) is 26.8 Å². The Morgan fingerprint density at radius 3 is 2.68 bits per heavy atom. The molecule has 0 fully saturated rings. The van der Waals surface area contributed by atoms with E-state index in [-0.39, 0.29) is 0 Å². The molecule has 9 heteroatoms. The Hall–Kier alpha value is -2.49. The first-order chi connectivity index (χ1) is 13.7. The summed E-state index contributed by atoms with van der Waals surface area (Å²) in [5.41, 5.74) is 2.05. The molecular formula is C19H16N4O2S3. The monoisotopic (exact) mass is 428 g/mol. The zero-order valence-corrected chi connectivity index (χ0v) is 17.9. The van der Waals surface area contributed by atoms with Crippen molar-refractivity contribution in [1.82, 2.24) is 19.8 Å². The maximum atomic E-state index is 5.41. The molecule has 0 radical (unpaired) electrons. The van der Waals surface area contributed by atoms with E-state index >= 15 is 0 Å². The molecule has 6 nitrogen and oxygen atoms in total. The summed E-state index contributed by atoms with van der Waals surface area (Å²) >= 11 is 5.19. The predicted octanol–water partition coefficient (Wildman–Crippen LogP) is 5.38. The number of methoxy groups -OCH3 is 2. The maximum absolute atomic E-state index is 5.41. The lowest BCUT2D eigenvalue weighted by atomic mass is 10.2. The molecule has 0 atom stereocenters. The van der Waals surface area contributed by atoms with Crippen LogP contribution in [0.5, 0.6) is 11.5 Å². The lowest BCUT2D eigenvalue weighted by Gasteiger charge is -2.08. The lowest BCUT2D eigenvalue weighted by Crippen LogP contribution is -1.94. The molecule has 0 saturated carbocycles. The maximum Gasteiger partial charge on any atom is 0.235 e. The van der Waals surface area contributed by atoms with Crippen LogP contribution >= 0.6 is 34.0 Å². The molecule has 0 amide bonds. The number of hydrogen-bond donors (Lipinski definition) is 0. The minimum Gasteiger partial charge on any atom is -0.493 e. The second-order valence-corrected chi connectivity index (χ2v) is 9.34. The number of benzene rings is 1. The molecule has 0 unspecified atom stereocenters. The topological polar surface area (TPSA) is 61.5 Å². The molecule has 4 aromatic heterocycles. The van der Waals surface area contributed by atoms with Gasteiger partial charge >= 0.3 is 0 Å². The summed E-state index contributed by atoms with van der Waals surface area (Å²) in [6, 6.07) is 7.97. The zero-order valence-electron chi connectivity index (χ0n) is 15.4. The van der Waals surface area contributed by atoms with Gasteiger partial charge in [-0.15, -0.1) is 32.9 Å². The number of thiophene rings is 2. The van der Waals surface area contributed by atoms with Gasteiger partial charge in [-0.3, -0.25) is 0 Å². The van der Waals surface area contributed by atoms with Crippen LogP contribution in [0.3, 0.4) is 0 Å². The first kappa shape index (κ1) is 17.6. The van der Waals surface area contributed by atoms with Crippen molar-refractivity contribution in [2.75, 3.05) is 14.2 Å². The van der Waals surface area contributed by atoms with E-state index in [2.05, 4.69) is 28.6 Å². The van der Waals surface area contributed by atoms with Crippen LogP contribution in [-0.2, 0) is 6.42 Å². The van der Waals surface area contributed by atoms with Crippen molar-refractivity contribution in [3.05, 3.63) is 34.5 Å².